The van der Waals surface area contributed by atoms with Crippen molar-refractivity contribution in [2.24, 2.45) is 0 Å². The molecule has 1 aliphatic rings. The van der Waals surface area contributed by atoms with E-state index in [1.807, 2.05) is 0 Å². The van der Waals surface area contributed by atoms with Gasteiger partial charge >= 0.3 is 5.97 Å². The SMILES string of the molecule is C.C=C/C=C\C=C/CC(=O)NC1CN(C(=O)COC)c2ccccc2N(CC(=O)NC(C=O)CC(=O)O)C1=O. The van der Waals surface area contributed by atoms with Gasteiger partial charge in [-0.15, -0.1) is 0 Å². The summed E-state index contributed by atoms with van der Waals surface area (Å²) in [4.78, 5) is 76.4. The van der Waals surface area contributed by atoms with Crippen LogP contribution >= 0.6 is 0 Å². The number of nitrogens with zero attached hydrogens (tertiary/aromatic N) is 2. The number of carboxylic acid groups (broad SMARTS) is 1. The first-order valence-electron chi connectivity index (χ1n) is 11.6. The monoisotopic (exact) mass is 542 g/mol. The van der Waals surface area contributed by atoms with Gasteiger partial charge in [0.15, 0.2) is 0 Å². The van der Waals surface area contributed by atoms with Crippen molar-refractivity contribution in [3.8, 4) is 0 Å². The number of allylic oxidation sites excluding steroid dienone is 4. The number of rotatable bonds is 13. The number of amides is 4. The Kier molecular flexibility index (Phi) is 13.6. The minimum Gasteiger partial charge on any atom is -0.481 e. The van der Waals surface area contributed by atoms with Crippen molar-refractivity contribution in [2.45, 2.75) is 32.4 Å². The van der Waals surface area contributed by atoms with E-state index in [0.717, 1.165) is 4.90 Å². The summed E-state index contributed by atoms with van der Waals surface area (Å²) < 4.78 is 4.98. The van der Waals surface area contributed by atoms with E-state index in [2.05, 4.69) is 17.2 Å². The van der Waals surface area contributed by atoms with Crippen LogP contribution in [0.3, 0.4) is 0 Å². The summed E-state index contributed by atoms with van der Waals surface area (Å²) in [5.74, 6) is -3.74. The number of hydrogen-bond acceptors (Lipinski definition) is 7. The molecule has 0 aromatic heterocycles. The predicted octanol–water partition coefficient (Wildman–Crippen LogP) is 0.980. The Bertz CT molecular complexity index is 1130. The minimum absolute atomic E-state index is 0. The average molecular weight is 543 g/mol. The number of carbonyl (C=O) groups is 6. The zero-order chi connectivity index (χ0) is 28.1. The Morgan fingerprint density at radius 3 is 2.46 bits per heavy atom. The van der Waals surface area contributed by atoms with Crippen LogP contribution in [0, 0.1) is 0 Å². The summed E-state index contributed by atoms with van der Waals surface area (Å²) in [6.45, 7) is 2.44. The lowest BCUT2D eigenvalue weighted by atomic mass is 10.2. The molecule has 0 aliphatic carbocycles. The summed E-state index contributed by atoms with van der Waals surface area (Å²) >= 11 is 0. The lowest BCUT2D eigenvalue weighted by Crippen LogP contribution is -2.55. The number of benzene rings is 1. The zero-order valence-electron chi connectivity index (χ0n) is 20.9. The number of nitrogens with one attached hydrogen (secondary N) is 2. The van der Waals surface area contributed by atoms with Crippen molar-refractivity contribution >= 4 is 47.3 Å². The molecule has 1 aliphatic heterocycles. The van der Waals surface area contributed by atoms with E-state index in [4.69, 9.17) is 9.84 Å². The quantitative estimate of drug-likeness (QED) is 0.245. The molecule has 12 nitrogen and oxygen atoms in total. The Balaban J connectivity index is 0.00000760. The lowest BCUT2D eigenvalue weighted by Gasteiger charge is -2.25. The first kappa shape index (κ1) is 32.4. The number of hydrogen-bond donors (Lipinski definition) is 3. The van der Waals surface area contributed by atoms with Gasteiger partial charge in [-0.1, -0.05) is 56.5 Å². The molecule has 3 N–H and O–H groups in total. The summed E-state index contributed by atoms with van der Waals surface area (Å²) in [6, 6.07) is 3.84. The van der Waals surface area contributed by atoms with E-state index < -0.39 is 54.6 Å². The standard InChI is InChI=1S/C26H30N4O8.CH4/c1-3-4-5-6-7-12-22(32)28-19-14-29(24(34)17-38-2)20-10-8-9-11-21(20)30(26(19)37)15-23(33)27-18(16-31)13-25(35)36;/h3-11,16,18-19H,1,12-15,17H2,2H3,(H,27,33)(H,28,32)(H,35,36);1H4/b5-4-,7-6-;. The maximum atomic E-state index is 13.6. The number of aldehydes is 1. The van der Waals surface area contributed by atoms with Crippen molar-refractivity contribution in [2.75, 3.05) is 36.6 Å². The molecule has 210 valence electrons. The minimum atomic E-state index is -1.30. The predicted molar refractivity (Wildman–Crippen MR) is 145 cm³/mol. The van der Waals surface area contributed by atoms with E-state index in [1.165, 1.54) is 18.1 Å². The number of aliphatic carboxylic acids is 1. The van der Waals surface area contributed by atoms with E-state index in [1.54, 1.807) is 48.6 Å². The molecular weight excluding hydrogens is 508 g/mol. The maximum absolute atomic E-state index is 13.6. The molecule has 0 bridgehead atoms. The average Bonchev–Trinajstić information content (AvgIpc) is 2.98. The van der Waals surface area contributed by atoms with Crippen LogP contribution in [-0.4, -0.2) is 79.9 Å². The number of fused-ring (bicyclic) bond motifs is 1. The molecule has 1 aromatic rings. The smallest absolute Gasteiger partial charge is 0.305 e. The third-order valence-corrected chi connectivity index (χ3v) is 5.30. The van der Waals surface area contributed by atoms with Gasteiger partial charge in [0.25, 0.3) is 11.8 Å². The molecular formula is C27H34N4O8. The third kappa shape index (κ3) is 9.67. The fraction of sp³-hybridized carbons (Fsp3) is 0.333. The molecule has 0 radical (unpaired) electrons. The molecule has 1 aromatic carbocycles. The highest BCUT2D eigenvalue weighted by Crippen LogP contribution is 2.33. The van der Waals surface area contributed by atoms with Crippen LogP contribution in [0.15, 0.2) is 61.2 Å². The van der Waals surface area contributed by atoms with Crippen LogP contribution in [0.2, 0.25) is 0 Å². The Labute approximate surface area is 227 Å². The van der Waals surface area contributed by atoms with Crippen LogP contribution in [0.4, 0.5) is 11.4 Å². The van der Waals surface area contributed by atoms with Gasteiger partial charge in [0.1, 0.15) is 25.5 Å². The molecule has 4 amide bonds. The number of carbonyl (C=O) groups excluding carboxylic acids is 5. The van der Waals surface area contributed by atoms with Gasteiger partial charge in [-0.25, -0.2) is 0 Å². The van der Waals surface area contributed by atoms with Gasteiger partial charge in [-0.05, 0) is 12.1 Å². The van der Waals surface area contributed by atoms with Crippen LogP contribution in [-0.2, 0) is 33.5 Å². The Hall–Kier alpha value is -4.58. The second kappa shape index (κ2) is 16.3. The van der Waals surface area contributed by atoms with Gasteiger partial charge in [0.05, 0.1) is 30.4 Å². The fourth-order valence-electron chi connectivity index (χ4n) is 3.66. The second-order valence-corrected chi connectivity index (χ2v) is 8.13. The number of ether oxygens (including phenoxy) is 1. The van der Waals surface area contributed by atoms with Gasteiger partial charge in [-0.3, -0.25) is 28.9 Å². The highest BCUT2D eigenvalue weighted by molar-refractivity contribution is 6.10. The largest absolute Gasteiger partial charge is 0.481 e. The summed E-state index contributed by atoms with van der Waals surface area (Å²) in [5, 5.41) is 13.8. The number of anilines is 2. The number of carboxylic acids is 1. The molecule has 39 heavy (non-hydrogen) atoms. The molecule has 2 rings (SSSR count). The topological polar surface area (TPSA) is 162 Å². The Morgan fingerprint density at radius 2 is 1.85 bits per heavy atom. The third-order valence-electron chi connectivity index (χ3n) is 5.30. The van der Waals surface area contributed by atoms with E-state index in [9.17, 15) is 28.8 Å². The highest BCUT2D eigenvalue weighted by Gasteiger charge is 2.37. The van der Waals surface area contributed by atoms with E-state index >= 15 is 0 Å². The normalized spacial score (nSPS) is 15.6. The molecule has 0 saturated heterocycles. The zero-order valence-corrected chi connectivity index (χ0v) is 20.9. The Morgan fingerprint density at radius 1 is 1.15 bits per heavy atom. The van der Waals surface area contributed by atoms with Gasteiger partial charge in [0, 0.05) is 13.5 Å². The lowest BCUT2D eigenvalue weighted by molar-refractivity contribution is -0.139. The molecule has 1 heterocycles. The van der Waals surface area contributed by atoms with Crippen molar-refractivity contribution in [1.82, 2.24) is 10.6 Å². The molecule has 0 spiro atoms. The van der Waals surface area contributed by atoms with E-state index in [-0.39, 0.29) is 39.0 Å². The molecule has 2 unspecified atom stereocenters. The number of para-hydroxylation sites is 2. The van der Waals surface area contributed by atoms with Crippen LogP contribution in [0.25, 0.3) is 0 Å². The highest BCUT2D eigenvalue weighted by atomic mass is 16.5. The fourth-order valence-corrected chi connectivity index (χ4v) is 3.66. The first-order chi connectivity index (χ1) is 18.2. The number of methoxy groups -OCH3 is 1. The van der Waals surface area contributed by atoms with Gasteiger partial charge in [0.2, 0.25) is 11.8 Å². The van der Waals surface area contributed by atoms with Crippen molar-refractivity contribution in [3.05, 3.63) is 61.2 Å². The second-order valence-electron chi connectivity index (χ2n) is 8.13. The summed E-state index contributed by atoms with van der Waals surface area (Å²) in [6.07, 6.45) is 7.74. The van der Waals surface area contributed by atoms with Crippen molar-refractivity contribution < 1.29 is 38.6 Å². The van der Waals surface area contributed by atoms with E-state index in [0.29, 0.717) is 5.69 Å². The maximum Gasteiger partial charge on any atom is 0.305 e. The van der Waals surface area contributed by atoms with Crippen LogP contribution in [0.5, 0.6) is 0 Å². The molecule has 2 atom stereocenters. The molecule has 0 saturated carbocycles. The molecule has 12 heteroatoms. The van der Waals surface area contributed by atoms with Crippen LogP contribution < -0.4 is 20.4 Å². The van der Waals surface area contributed by atoms with Gasteiger partial charge < -0.3 is 30.2 Å². The van der Waals surface area contributed by atoms with Crippen molar-refractivity contribution in [1.29, 1.82) is 0 Å². The first-order valence-corrected chi connectivity index (χ1v) is 11.6. The van der Waals surface area contributed by atoms with Gasteiger partial charge in [-0.2, -0.15) is 0 Å². The van der Waals surface area contributed by atoms with Crippen molar-refractivity contribution in [3.63, 3.8) is 0 Å². The summed E-state index contributed by atoms with van der Waals surface area (Å²) in [5.41, 5.74) is 0.517. The summed E-state index contributed by atoms with van der Waals surface area (Å²) in [7, 11) is 1.34. The molecule has 0 fully saturated rings. The van der Waals surface area contributed by atoms with Crippen LogP contribution in [0.1, 0.15) is 20.3 Å².